The Hall–Kier alpha value is -2.62. The molecular formula is C17H17N3O. The number of benzene rings is 1. The van der Waals surface area contributed by atoms with E-state index in [1.54, 1.807) is 6.20 Å². The molecule has 4 heteroatoms. The third-order valence-electron chi connectivity index (χ3n) is 3.38. The molecule has 0 spiro atoms. The fraction of sp³-hybridized carbons (Fsp3) is 0.176. The van der Waals surface area contributed by atoms with Gasteiger partial charge >= 0.3 is 0 Å². The molecule has 3 rings (SSSR count). The number of hydrogen-bond donors (Lipinski definition) is 1. The van der Waals surface area contributed by atoms with E-state index in [1.807, 2.05) is 43.3 Å². The minimum Gasteiger partial charge on any atom is -0.454 e. The van der Waals surface area contributed by atoms with Crippen molar-refractivity contribution in [2.75, 3.05) is 5.43 Å². The molecule has 2 aromatic heterocycles. The first kappa shape index (κ1) is 13.4. The third-order valence-corrected chi connectivity index (χ3v) is 3.38. The first-order chi connectivity index (χ1) is 10.3. The highest BCUT2D eigenvalue weighted by atomic mass is 16.3. The molecule has 3 aromatic rings. The van der Waals surface area contributed by atoms with E-state index in [0.717, 1.165) is 28.9 Å². The van der Waals surface area contributed by atoms with Crippen molar-refractivity contribution in [3.8, 4) is 0 Å². The summed E-state index contributed by atoms with van der Waals surface area (Å²) in [7, 11) is 0. The largest absolute Gasteiger partial charge is 0.454 e. The number of para-hydroxylation sites is 1. The van der Waals surface area contributed by atoms with Crippen LogP contribution in [-0.2, 0) is 6.42 Å². The van der Waals surface area contributed by atoms with E-state index in [0.29, 0.717) is 5.82 Å². The number of anilines is 1. The molecule has 0 amide bonds. The van der Waals surface area contributed by atoms with Crippen molar-refractivity contribution in [2.24, 2.45) is 5.10 Å². The van der Waals surface area contributed by atoms with Crippen molar-refractivity contribution in [3.05, 3.63) is 60.0 Å². The van der Waals surface area contributed by atoms with Crippen LogP contribution in [0.1, 0.15) is 25.2 Å². The van der Waals surface area contributed by atoms with Crippen molar-refractivity contribution in [1.82, 2.24) is 4.98 Å². The van der Waals surface area contributed by atoms with Crippen LogP contribution in [0.4, 0.5) is 5.82 Å². The lowest BCUT2D eigenvalue weighted by Gasteiger charge is -2.02. The lowest BCUT2D eigenvalue weighted by molar-refractivity contribution is 0.599. The van der Waals surface area contributed by atoms with E-state index in [4.69, 9.17) is 4.42 Å². The van der Waals surface area contributed by atoms with Crippen LogP contribution in [0, 0.1) is 0 Å². The highest BCUT2D eigenvalue weighted by Gasteiger charge is 2.14. The second kappa shape index (κ2) is 5.79. The molecule has 106 valence electrons. The van der Waals surface area contributed by atoms with Gasteiger partial charge in [-0.25, -0.2) is 4.98 Å². The molecule has 0 unspecified atom stereocenters. The van der Waals surface area contributed by atoms with Crippen LogP contribution < -0.4 is 5.43 Å². The van der Waals surface area contributed by atoms with Gasteiger partial charge in [-0.3, -0.25) is 5.43 Å². The van der Waals surface area contributed by atoms with Crippen molar-refractivity contribution < 1.29 is 4.42 Å². The number of nitrogens with zero attached hydrogens (tertiary/aromatic N) is 2. The Bertz CT molecular complexity index is 775. The number of aryl methyl sites for hydroxylation is 1. The number of rotatable bonds is 4. The highest BCUT2D eigenvalue weighted by Crippen LogP contribution is 2.26. The molecule has 1 N–H and O–H groups in total. The number of nitrogens with one attached hydrogen (secondary N) is 1. The molecule has 0 aliphatic rings. The number of pyridine rings is 1. The van der Waals surface area contributed by atoms with Crippen molar-refractivity contribution in [3.63, 3.8) is 0 Å². The quantitative estimate of drug-likeness (QED) is 0.574. The number of furan rings is 1. The molecule has 0 bridgehead atoms. The maximum atomic E-state index is 5.95. The van der Waals surface area contributed by atoms with Gasteiger partial charge in [0, 0.05) is 17.1 Å². The van der Waals surface area contributed by atoms with Crippen LogP contribution in [-0.4, -0.2) is 10.7 Å². The molecule has 0 fully saturated rings. The van der Waals surface area contributed by atoms with Crippen LogP contribution in [0.5, 0.6) is 0 Å². The maximum absolute atomic E-state index is 5.95. The van der Waals surface area contributed by atoms with E-state index >= 15 is 0 Å². The van der Waals surface area contributed by atoms with Crippen LogP contribution in [0.15, 0.2) is 58.2 Å². The fourth-order valence-electron chi connectivity index (χ4n) is 2.36. The number of aromatic nitrogens is 1. The molecular weight excluding hydrogens is 262 g/mol. The average Bonchev–Trinajstić information content (AvgIpc) is 2.92. The molecule has 1 aromatic carbocycles. The van der Waals surface area contributed by atoms with Gasteiger partial charge < -0.3 is 4.42 Å². The monoisotopic (exact) mass is 279 g/mol. The second-order valence-corrected chi connectivity index (χ2v) is 4.78. The van der Waals surface area contributed by atoms with Gasteiger partial charge in [0.1, 0.15) is 17.1 Å². The Kier molecular flexibility index (Phi) is 3.69. The van der Waals surface area contributed by atoms with Gasteiger partial charge in [0.05, 0.1) is 0 Å². The molecule has 21 heavy (non-hydrogen) atoms. The van der Waals surface area contributed by atoms with Gasteiger partial charge in [0.15, 0.2) is 5.76 Å². The van der Waals surface area contributed by atoms with E-state index in [9.17, 15) is 0 Å². The zero-order valence-corrected chi connectivity index (χ0v) is 12.1. The molecule has 0 saturated carbocycles. The molecule has 0 aliphatic heterocycles. The SMILES string of the molecule is CCc1c(/C(C)=N\Nc2ccccn2)oc2ccccc12. The number of hydrazone groups is 1. The van der Waals surface area contributed by atoms with Crippen LogP contribution in [0.25, 0.3) is 11.0 Å². The van der Waals surface area contributed by atoms with Gasteiger partial charge in [-0.05, 0) is 31.5 Å². The summed E-state index contributed by atoms with van der Waals surface area (Å²) in [6.07, 6.45) is 2.63. The third kappa shape index (κ3) is 2.65. The normalized spacial score (nSPS) is 11.8. The minimum absolute atomic E-state index is 0.714. The summed E-state index contributed by atoms with van der Waals surface area (Å²) in [6, 6.07) is 13.7. The summed E-state index contributed by atoms with van der Waals surface area (Å²) in [5.41, 5.74) is 5.86. The topological polar surface area (TPSA) is 50.4 Å². The van der Waals surface area contributed by atoms with Gasteiger partial charge in [-0.2, -0.15) is 5.10 Å². The summed E-state index contributed by atoms with van der Waals surface area (Å²) in [6.45, 7) is 4.06. The summed E-state index contributed by atoms with van der Waals surface area (Å²) < 4.78 is 5.95. The van der Waals surface area contributed by atoms with Crippen molar-refractivity contribution in [1.29, 1.82) is 0 Å². The van der Waals surface area contributed by atoms with E-state index < -0.39 is 0 Å². The smallest absolute Gasteiger partial charge is 0.154 e. The molecule has 2 heterocycles. The Morgan fingerprint density at radius 1 is 1.19 bits per heavy atom. The summed E-state index contributed by atoms with van der Waals surface area (Å²) >= 11 is 0. The maximum Gasteiger partial charge on any atom is 0.154 e. The van der Waals surface area contributed by atoms with Crippen molar-refractivity contribution in [2.45, 2.75) is 20.3 Å². The molecule has 4 nitrogen and oxygen atoms in total. The van der Waals surface area contributed by atoms with Gasteiger partial charge in [-0.1, -0.05) is 31.2 Å². The Morgan fingerprint density at radius 2 is 2.00 bits per heavy atom. The van der Waals surface area contributed by atoms with Crippen LogP contribution in [0.2, 0.25) is 0 Å². The lowest BCUT2D eigenvalue weighted by atomic mass is 10.1. The molecule has 0 radical (unpaired) electrons. The first-order valence-corrected chi connectivity index (χ1v) is 7.01. The summed E-state index contributed by atoms with van der Waals surface area (Å²) in [5, 5.41) is 5.53. The number of fused-ring (bicyclic) bond motifs is 1. The van der Waals surface area contributed by atoms with Gasteiger partial charge in [0.25, 0.3) is 0 Å². The standard InChI is InChI=1S/C17H17N3O/c1-3-13-14-8-4-5-9-15(14)21-17(13)12(2)19-20-16-10-6-7-11-18-16/h4-11H,3H2,1-2H3,(H,18,20)/b19-12-. The summed E-state index contributed by atoms with van der Waals surface area (Å²) in [5.74, 6) is 1.55. The highest BCUT2D eigenvalue weighted by molar-refractivity contribution is 6.02. The lowest BCUT2D eigenvalue weighted by Crippen LogP contribution is -2.02. The zero-order chi connectivity index (χ0) is 14.7. The van der Waals surface area contributed by atoms with Crippen LogP contribution in [0.3, 0.4) is 0 Å². The summed E-state index contributed by atoms with van der Waals surface area (Å²) in [4.78, 5) is 4.18. The zero-order valence-electron chi connectivity index (χ0n) is 12.1. The minimum atomic E-state index is 0.714. The Labute approximate surface area is 123 Å². The van der Waals surface area contributed by atoms with Crippen LogP contribution >= 0.6 is 0 Å². The van der Waals surface area contributed by atoms with E-state index in [-0.39, 0.29) is 0 Å². The Balaban J connectivity index is 1.95. The molecule has 0 saturated heterocycles. The number of hydrogen-bond acceptors (Lipinski definition) is 4. The molecule has 0 aliphatic carbocycles. The Morgan fingerprint density at radius 3 is 2.76 bits per heavy atom. The first-order valence-electron chi connectivity index (χ1n) is 7.01. The fourth-order valence-corrected chi connectivity index (χ4v) is 2.36. The van der Waals surface area contributed by atoms with Gasteiger partial charge in [-0.15, -0.1) is 0 Å². The van der Waals surface area contributed by atoms with Gasteiger partial charge in [0.2, 0.25) is 0 Å². The average molecular weight is 279 g/mol. The van der Waals surface area contributed by atoms with E-state index in [1.165, 1.54) is 5.56 Å². The second-order valence-electron chi connectivity index (χ2n) is 4.78. The van der Waals surface area contributed by atoms with E-state index in [2.05, 4.69) is 28.5 Å². The predicted molar refractivity (Wildman–Crippen MR) is 85.7 cm³/mol. The molecule has 0 atom stereocenters. The van der Waals surface area contributed by atoms with Crippen molar-refractivity contribution >= 4 is 22.5 Å². The predicted octanol–water partition coefficient (Wildman–Crippen LogP) is 4.23.